The summed E-state index contributed by atoms with van der Waals surface area (Å²) in [4.78, 5) is 14.7. The normalized spacial score (nSPS) is 10.5. The van der Waals surface area contributed by atoms with Crippen molar-refractivity contribution in [2.24, 2.45) is 0 Å². The Labute approximate surface area is 157 Å². The van der Waals surface area contributed by atoms with Gasteiger partial charge in [-0.25, -0.2) is 0 Å². The predicted molar refractivity (Wildman–Crippen MR) is 107 cm³/mol. The van der Waals surface area contributed by atoms with Crippen LogP contribution in [0.2, 0.25) is 0 Å². The molecule has 1 heterocycles. The second-order valence-electron chi connectivity index (χ2n) is 5.84. The highest BCUT2D eigenvalue weighted by molar-refractivity contribution is 7.15. The van der Waals surface area contributed by atoms with E-state index >= 15 is 0 Å². The molecule has 134 valence electrons. The van der Waals surface area contributed by atoms with Crippen LogP contribution in [0.1, 0.15) is 34.8 Å². The monoisotopic (exact) mass is 366 g/mol. The van der Waals surface area contributed by atoms with Crippen LogP contribution in [0.25, 0.3) is 0 Å². The number of hydrogen-bond acceptors (Lipinski definition) is 5. The lowest BCUT2D eigenvalue weighted by molar-refractivity contribution is 0.102. The Morgan fingerprint density at radius 3 is 2.35 bits per heavy atom. The van der Waals surface area contributed by atoms with E-state index in [9.17, 15) is 4.79 Å². The van der Waals surface area contributed by atoms with Crippen molar-refractivity contribution in [2.45, 2.75) is 20.3 Å². The summed E-state index contributed by atoms with van der Waals surface area (Å²) in [5.74, 6) is -0.168. The number of carbonyl (C=O) groups excluding carboxylic acids is 1. The number of anilines is 2. The fraction of sp³-hybridized carbons (Fsp3) is 0.250. The average Bonchev–Trinajstić information content (AvgIpc) is 3.11. The first kappa shape index (κ1) is 18.1. The van der Waals surface area contributed by atoms with Crippen molar-refractivity contribution in [2.75, 3.05) is 23.3 Å². The standard InChI is InChI=1S/C20H22N4OS/c1-3-24(4-2)17-12-10-16(11-13-17)19(25)21-20-23-22-18(26-20)14-15-8-6-5-7-9-15/h5-13H,3-4,14H2,1-2H3,(H,21,23,25). The quantitative estimate of drug-likeness (QED) is 0.680. The van der Waals surface area contributed by atoms with Crippen molar-refractivity contribution < 1.29 is 4.79 Å². The highest BCUT2D eigenvalue weighted by Crippen LogP contribution is 2.20. The van der Waals surface area contributed by atoms with Crippen LogP contribution in [0, 0.1) is 0 Å². The summed E-state index contributed by atoms with van der Waals surface area (Å²) >= 11 is 1.40. The molecule has 6 heteroatoms. The van der Waals surface area contributed by atoms with Crippen molar-refractivity contribution in [3.63, 3.8) is 0 Å². The Kier molecular flexibility index (Phi) is 5.96. The number of aromatic nitrogens is 2. The molecule has 1 aromatic heterocycles. The third kappa shape index (κ3) is 4.46. The molecule has 0 unspecified atom stereocenters. The van der Waals surface area contributed by atoms with Gasteiger partial charge in [0.1, 0.15) is 5.01 Å². The fourth-order valence-corrected chi connectivity index (χ4v) is 3.50. The zero-order chi connectivity index (χ0) is 18.4. The number of hydrogen-bond donors (Lipinski definition) is 1. The Morgan fingerprint density at radius 2 is 1.69 bits per heavy atom. The summed E-state index contributed by atoms with van der Waals surface area (Å²) in [6.45, 7) is 6.12. The molecule has 2 aromatic carbocycles. The molecule has 26 heavy (non-hydrogen) atoms. The molecule has 0 radical (unpaired) electrons. The number of nitrogens with zero attached hydrogens (tertiary/aromatic N) is 3. The van der Waals surface area contributed by atoms with E-state index in [1.54, 1.807) is 0 Å². The summed E-state index contributed by atoms with van der Waals surface area (Å²) in [6, 6.07) is 17.7. The van der Waals surface area contributed by atoms with E-state index in [0.29, 0.717) is 17.1 Å². The van der Waals surface area contributed by atoms with Gasteiger partial charge in [-0.05, 0) is 43.7 Å². The van der Waals surface area contributed by atoms with Crippen LogP contribution in [0.5, 0.6) is 0 Å². The van der Waals surface area contributed by atoms with E-state index < -0.39 is 0 Å². The largest absolute Gasteiger partial charge is 0.372 e. The number of nitrogens with one attached hydrogen (secondary N) is 1. The molecular weight excluding hydrogens is 344 g/mol. The molecule has 0 aliphatic heterocycles. The summed E-state index contributed by atoms with van der Waals surface area (Å²) in [5.41, 5.74) is 2.90. The maximum Gasteiger partial charge on any atom is 0.257 e. The third-order valence-corrected chi connectivity index (χ3v) is 4.98. The van der Waals surface area contributed by atoms with Gasteiger partial charge in [-0.3, -0.25) is 10.1 Å². The molecule has 0 saturated carbocycles. The number of amides is 1. The van der Waals surface area contributed by atoms with Crippen molar-refractivity contribution in [1.29, 1.82) is 0 Å². The van der Waals surface area contributed by atoms with Gasteiger partial charge in [0.2, 0.25) is 5.13 Å². The Balaban J connectivity index is 1.63. The molecule has 0 spiro atoms. The zero-order valence-corrected chi connectivity index (χ0v) is 15.8. The third-order valence-electron chi connectivity index (χ3n) is 4.14. The minimum atomic E-state index is -0.168. The molecule has 0 saturated heterocycles. The second-order valence-corrected chi connectivity index (χ2v) is 6.90. The molecule has 0 fully saturated rings. The number of carbonyl (C=O) groups is 1. The maximum absolute atomic E-state index is 12.4. The van der Waals surface area contributed by atoms with Gasteiger partial charge in [0.05, 0.1) is 0 Å². The summed E-state index contributed by atoms with van der Waals surface area (Å²) in [7, 11) is 0. The van der Waals surface area contributed by atoms with Crippen LogP contribution < -0.4 is 10.2 Å². The first-order valence-corrected chi connectivity index (χ1v) is 9.54. The average molecular weight is 366 g/mol. The molecule has 0 aliphatic rings. The number of rotatable bonds is 7. The predicted octanol–water partition coefficient (Wildman–Crippen LogP) is 4.23. The second kappa shape index (κ2) is 8.58. The topological polar surface area (TPSA) is 58.1 Å². The minimum Gasteiger partial charge on any atom is -0.372 e. The summed E-state index contributed by atoms with van der Waals surface area (Å²) in [5, 5.41) is 12.5. The molecule has 3 rings (SSSR count). The van der Waals surface area contributed by atoms with Crippen molar-refractivity contribution >= 4 is 28.1 Å². The van der Waals surface area contributed by atoms with Crippen LogP contribution in [-0.4, -0.2) is 29.2 Å². The lowest BCUT2D eigenvalue weighted by Gasteiger charge is -2.20. The lowest BCUT2D eigenvalue weighted by atomic mass is 10.2. The molecule has 5 nitrogen and oxygen atoms in total. The SMILES string of the molecule is CCN(CC)c1ccc(C(=O)Nc2nnc(Cc3ccccc3)s2)cc1. The maximum atomic E-state index is 12.4. The first-order chi connectivity index (χ1) is 12.7. The lowest BCUT2D eigenvalue weighted by Crippen LogP contribution is -2.21. The van der Waals surface area contributed by atoms with Crippen LogP contribution in [0.4, 0.5) is 10.8 Å². The zero-order valence-electron chi connectivity index (χ0n) is 15.0. The molecule has 0 aliphatic carbocycles. The van der Waals surface area contributed by atoms with Crippen LogP contribution in [0.15, 0.2) is 54.6 Å². The Morgan fingerprint density at radius 1 is 1.00 bits per heavy atom. The van der Waals surface area contributed by atoms with Gasteiger partial charge < -0.3 is 4.90 Å². The van der Waals surface area contributed by atoms with Gasteiger partial charge in [-0.2, -0.15) is 0 Å². The van der Waals surface area contributed by atoms with Gasteiger partial charge in [0, 0.05) is 30.8 Å². The molecule has 3 aromatic rings. The van der Waals surface area contributed by atoms with E-state index in [1.807, 2.05) is 42.5 Å². The Hall–Kier alpha value is -2.73. The molecule has 0 atom stereocenters. The molecule has 1 amide bonds. The highest BCUT2D eigenvalue weighted by atomic mass is 32.1. The van der Waals surface area contributed by atoms with Gasteiger partial charge in [0.15, 0.2) is 0 Å². The van der Waals surface area contributed by atoms with Gasteiger partial charge in [0.25, 0.3) is 5.91 Å². The summed E-state index contributed by atoms with van der Waals surface area (Å²) in [6.07, 6.45) is 0.715. The molecular formula is C20H22N4OS. The fourth-order valence-electron chi connectivity index (χ4n) is 2.73. The van der Waals surface area contributed by atoms with E-state index in [-0.39, 0.29) is 5.91 Å². The first-order valence-electron chi connectivity index (χ1n) is 8.72. The van der Waals surface area contributed by atoms with Crippen molar-refractivity contribution in [1.82, 2.24) is 10.2 Å². The van der Waals surface area contributed by atoms with E-state index in [0.717, 1.165) is 23.8 Å². The molecule has 1 N–H and O–H groups in total. The van der Waals surface area contributed by atoms with Crippen molar-refractivity contribution in [3.05, 3.63) is 70.7 Å². The summed E-state index contributed by atoms with van der Waals surface area (Å²) < 4.78 is 0. The smallest absolute Gasteiger partial charge is 0.257 e. The minimum absolute atomic E-state index is 0.168. The van der Waals surface area contributed by atoms with Gasteiger partial charge in [-0.15, -0.1) is 10.2 Å². The van der Waals surface area contributed by atoms with E-state index in [2.05, 4.69) is 46.4 Å². The van der Waals surface area contributed by atoms with E-state index in [1.165, 1.54) is 16.9 Å². The van der Waals surface area contributed by atoms with Gasteiger partial charge in [-0.1, -0.05) is 41.7 Å². The van der Waals surface area contributed by atoms with Crippen LogP contribution >= 0.6 is 11.3 Å². The highest BCUT2D eigenvalue weighted by Gasteiger charge is 2.11. The van der Waals surface area contributed by atoms with E-state index in [4.69, 9.17) is 0 Å². The van der Waals surface area contributed by atoms with Crippen molar-refractivity contribution in [3.8, 4) is 0 Å². The van der Waals surface area contributed by atoms with Crippen LogP contribution in [-0.2, 0) is 6.42 Å². The number of benzene rings is 2. The molecule has 0 bridgehead atoms. The van der Waals surface area contributed by atoms with Crippen LogP contribution in [0.3, 0.4) is 0 Å². The Bertz CT molecular complexity index is 842. The van der Waals surface area contributed by atoms with Gasteiger partial charge >= 0.3 is 0 Å².